The van der Waals surface area contributed by atoms with Crippen LogP contribution in [0.25, 0.3) is 10.8 Å². The fourth-order valence-electron chi connectivity index (χ4n) is 2.74. The van der Waals surface area contributed by atoms with Crippen LogP contribution in [0.5, 0.6) is 0 Å². The van der Waals surface area contributed by atoms with E-state index >= 15 is 0 Å². The number of nitrogens with one attached hydrogen (secondary N) is 1. The Morgan fingerprint density at radius 3 is 2.48 bits per heavy atom. The quantitative estimate of drug-likeness (QED) is 0.513. The lowest BCUT2D eigenvalue weighted by Crippen LogP contribution is -2.49. The Bertz CT molecular complexity index is 733. The minimum absolute atomic E-state index is 0.348. The van der Waals surface area contributed by atoms with Gasteiger partial charge in [-0.3, -0.25) is 4.79 Å². The molecule has 0 aliphatic heterocycles. The summed E-state index contributed by atoms with van der Waals surface area (Å²) in [5, 5.41) is 14.0. The van der Waals surface area contributed by atoms with E-state index in [-0.39, 0.29) is 0 Å². The predicted molar refractivity (Wildman–Crippen MR) is 98.1 cm³/mol. The molecule has 134 valence electrons. The predicted octanol–water partition coefficient (Wildman–Crippen LogP) is 1.41. The second-order valence-electron chi connectivity index (χ2n) is 6.18. The number of carbonyl (C=O) groups is 2. The van der Waals surface area contributed by atoms with Crippen molar-refractivity contribution in [2.45, 2.75) is 37.8 Å². The molecule has 0 unspecified atom stereocenters. The first-order chi connectivity index (χ1) is 12.0. The van der Waals surface area contributed by atoms with Crippen LogP contribution in [0.4, 0.5) is 0 Å². The number of benzene rings is 2. The molecule has 1 amide bonds. The number of carbonyl (C=O) groups excluding carboxylic acids is 1. The second-order valence-corrected chi connectivity index (χ2v) is 6.18. The number of rotatable bonds is 9. The molecule has 0 saturated carbocycles. The van der Waals surface area contributed by atoms with Crippen molar-refractivity contribution in [1.29, 1.82) is 0 Å². The van der Waals surface area contributed by atoms with Gasteiger partial charge >= 0.3 is 5.97 Å². The van der Waals surface area contributed by atoms with Crippen LogP contribution in [-0.4, -0.2) is 35.6 Å². The lowest BCUT2D eigenvalue weighted by Gasteiger charge is -2.18. The normalized spacial score (nSPS) is 13.4. The maximum absolute atomic E-state index is 12.2. The highest BCUT2D eigenvalue weighted by molar-refractivity contribution is 5.87. The highest BCUT2D eigenvalue weighted by Gasteiger charge is 2.23. The van der Waals surface area contributed by atoms with Gasteiger partial charge in [0.05, 0.1) is 6.04 Å². The Balaban J connectivity index is 1.96. The van der Waals surface area contributed by atoms with Crippen molar-refractivity contribution in [3.05, 3.63) is 48.0 Å². The van der Waals surface area contributed by atoms with E-state index < -0.39 is 24.0 Å². The van der Waals surface area contributed by atoms with E-state index in [0.29, 0.717) is 25.8 Å². The Labute approximate surface area is 147 Å². The molecule has 0 radical (unpaired) electrons. The third-order valence-electron chi connectivity index (χ3n) is 4.17. The molecule has 25 heavy (non-hydrogen) atoms. The number of unbranched alkanes of at least 4 members (excludes halogenated alkanes) is 1. The fourth-order valence-corrected chi connectivity index (χ4v) is 2.74. The van der Waals surface area contributed by atoms with Gasteiger partial charge in [-0.15, -0.1) is 0 Å². The van der Waals surface area contributed by atoms with Crippen LogP contribution >= 0.6 is 0 Å². The van der Waals surface area contributed by atoms with E-state index in [1.165, 1.54) is 0 Å². The molecule has 2 aromatic rings. The lowest BCUT2D eigenvalue weighted by molar-refractivity contribution is -0.142. The summed E-state index contributed by atoms with van der Waals surface area (Å²) in [6, 6.07) is 12.1. The van der Waals surface area contributed by atoms with Crippen LogP contribution in [0.3, 0.4) is 0 Å². The van der Waals surface area contributed by atoms with Gasteiger partial charge in [0.2, 0.25) is 5.91 Å². The number of nitrogens with two attached hydrogens (primary N) is 2. The van der Waals surface area contributed by atoms with Crippen LogP contribution in [0.15, 0.2) is 42.5 Å². The summed E-state index contributed by atoms with van der Waals surface area (Å²) in [7, 11) is 0. The summed E-state index contributed by atoms with van der Waals surface area (Å²) in [6.45, 7) is 0.502. The molecular weight excluding hydrogens is 318 g/mol. The van der Waals surface area contributed by atoms with Gasteiger partial charge < -0.3 is 21.9 Å². The van der Waals surface area contributed by atoms with Crippen LogP contribution in [0, 0.1) is 0 Å². The largest absolute Gasteiger partial charge is 0.480 e. The zero-order valence-electron chi connectivity index (χ0n) is 14.2. The van der Waals surface area contributed by atoms with Crippen molar-refractivity contribution in [2.24, 2.45) is 11.5 Å². The zero-order valence-corrected chi connectivity index (χ0v) is 14.2. The number of aliphatic carboxylic acids is 1. The van der Waals surface area contributed by atoms with E-state index in [1.807, 2.05) is 42.5 Å². The lowest BCUT2D eigenvalue weighted by atomic mass is 10.0. The average molecular weight is 343 g/mol. The van der Waals surface area contributed by atoms with Gasteiger partial charge in [-0.25, -0.2) is 4.79 Å². The van der Waals surface area contributed by atoms with Crippen LogP contribution in [-0.2, 0) is 16.0 Å². The van der Waals surface area contributed by atoms with E-state index in [4.69, 9.17) is 11.5 Å². The average Bonchev–Trinajstić information content (AvgIpc) is 2.60. The molecule has 2 aromatic carbocycles. The van der Waals surface area contributed by atoms with Crippen molar-refractivity contribution < 1.29 is 14.7 Å². The van der Waals surface area contributed by atoms with Crippen molar-refractivity contribution in [3.8, 4) is 0 Å². The van der Waals surface area contributed by atoms with Gasteiger partial charge in [-0.1, -0.05) is 42.5 Å². The van der Waals surface area contributed by atoms with Crippen molar-refractivity contribution >= 4 is 22.6 Å². The first-order valence-electron chi connectivity index (χ1n) is 8.47. The van der Waals surface area contributed by atoms with Gasteiger partial charge in [0, 0.05) is 0 Å². The Morgan fingerprint density at radius 1 is 1.08 bits per heavy atom. The van der Waals surface area contributed by atoms with Gasteiger partial charge in [0.1, 0.15) is 6.04 Å². The Morgan fingerprint density at radius 2 is 1.80 bits per heavy atom. The number of hydrogen-bond acceptors (Lipinski definition) is 4. The molecule has 0 aliphatic carbocycles. The maximum Gasteiger partial charge on any atom is 0.326 e. The summed E-state index contributed by atoms with van der Waals surface area (Å²) in [5.74, 6) is -1.50. The van der Waals surface area contributed by atoms with Crippen LogP contribution < -0.4 is 16.8 Å². The van der Waals surface area contributed by atoms with Gasteiger partial charge in [0.25, 0.3) is 0 Å². The molecule has 0 fully saturated rings. The molecule has 0 spiro atoms. The van der Waals surface area contributed by atoms with E-state index in [2.05, 4.69) is 5.32 Å². The minimum Gasteiger partial charge on any atom is -0.480 e. The third-order valence-corrected chi connectivity index (χ3v) is 4.17. The molecule has 0 bridgehead atoms. The first kappa shape index (κ1) is 18.9. The molecule has 0 heterocycles. The fraction of sp³-hybridized carbons (Fsp3) is 0.368. The zero-order chi connectivity index (χ0) is 18.2. The van der Waals surface area contributed by atoms with Gasteiger partial charge in [-0.05, 0) is 48.6 Å². The molecule has 6 N–H and O–H groups in total. The molecule has 6 heteroatoms. The van der Waals surface area contributed by atoms with E-state index in [1.54, 1.807) is 0 Å². The topological polar surface area (TPSA) is 118 Å². The number of amides is 1. The highest BCUT2D eigenvalue weighted by Crippen LogP contribution is 2.16. The smallest absolute Gasteiger partial charge is 0.326 e. The number of hydrogen-bond donors (Lipinski definition) is 4. The maximum atomic E-state index is 12.2. The number of fused-ring (bicyclic) bond motifs is 1. The van der Waals surface area contributed by atoms with Crippen molar-refractivity contribution in [1.82, 2.24) is 5.32 Å². The Kier molecular flexibility index (Phi) is 6.91. The molecule has 0 aromatic heterocycles. The van der Waals surface area contributed by atoms with Crippen molar-refractivity contribution in [3.63, 3.8) is 0 Å². The third kappa shape index (κ3) is 5.55. The standard InChI is InChI=1S/C19H25N3O3/c20-10-4-3-7-17(19(24)25)22-18(23)16(21)12-13-8-9-14-5-1-2-6-15(14)11-13/h1-2,5-6,8-9,11,16-17H,3-4,7,10,12,20-21H2,(H,22,23)(H,24,25)/t16-,17+/m0/s1. The van der Waals surface area contributed by atoms with Gasteiger partial charge in [0.15, 0.2) is 0 Å². The molecular formula is C19H25N3O3. The van der Waals surface area contributed by atoms with E-state index in [0.717, 1.165) is 22.8 Å². The summed E-state index contributed by atoms with van der Waals surface area (Å²) < 4.78 is 0. The number of carboxylic acids is 1. The molecule has 6 nitrogen and oxygen atoms in total. The summed E-state index contributed by atoms with van der Waals surface area (Å²) in [4.78, 5) is 23.5. The monoisotopic (exact) mass is 343 g/mol. The Hall–Kier alpha value is -2.44. The van der Waals surface area contributed by atoms with Crippen LogP contribution in [0.2, 0.25) is 0 Å². The second kappa shape index (κ2) is 9.15. The van der Waals surface area contributed by atoms with Gasteiger partial charge in [-0.2, -0.15) is 0 Å². The first-order valence-corrected chi connectivity index (χ1v) is 8.47. The molecule has 2 rings (SSSR count). The number of carboxylic acid groups (broad SMARTS) is 1. The summed E-state index contributed by atoms with van der Waals surface area (Å²) in [6.07, 6.45) is 2.07. The van der Waals surface area contributed by atoms with E-state index in [9.17, 15) is 14.7 Å². The SMILES string of the molecule is NCCCC[C@@H](NC(=O)[C@@H](N)Cc1ccc2ccccc2c1)C(=O)O. The molecule has 2 atom stereocenters. The summed E-state index contributed by atoms with van der Waals surface area (Å²) >= 11 is 0. The van der Waals surface area contributed by atoms with Crippen molar-refractivity contribution in [2.75, 3.05) is 6.54 Å². The molecule has 0 aliphatic rings. The molecule has 0 saturated heterocycles. The van der Waals surface area contributed by atoms with Crippen LogP contribution in [0.1, 0.15) is 24.8 Å². The minimum atomic E-state index is -1.05. The summed E-state index contributed by atoms with van der Waals surface area (Å²) in [5.41, 5.74) is 12.3. The highest BCUT2D eigenvalue weighted by atomic mass is 16.4.